The zero-order chi connectivity index (χ0) is 8.01. The molecule has 4 heteroatoms. The molecule has 0 radical (unpaired) electrons. The number of fused-ring (bicyclic) bond motifs is 1. The maximum Gasteiger partial charge on any atom is 0.309 e. The standard InChI is InChI=1S/C8H13NO2.ClH/c1-11-8(10)6-3-7(9)5-2-4(5)6;/h4-7H,2-3,9H2,1H3;1H/t4-,5+,6-,7+;/m1./s1. The lowest BCUT2D eigenvalue weighted by molar-refractivity contribution is -0.145. The van der Waals surface area contributed by atoms with Crippen LogP contribution in [-0.2, 0) is 9.53 Å². The summed E-state index contributed by atoms with van der Waals surface area (Å²) < 4.78 is 4.69. The number of carbonyl (C=O) groups excluding carboxylic acids is 1. The van der Waals surface area contributed by atoms with Crippen LogP contribution in [0, 0.1) is 17.8 Å². The minimum absolute atomic E-state index is 0. The quantitative estimate of drug-likeness (QED) is 0.617. The van der Waals surface area contributed by atoms with Crippen LogP contribution in [0.4, 0.5) is 0 Å². The predicted molar refractivity (Wildman–Crippen MR) is 46.9 cm³/mol. The Bertz CT molecular complexity index is 197. The van der Waals surface area contributed by atoms with Crippen LogP contribution in [0.1, 0.15) is 12.8 Å². The highest BCUT2D eigenvalue weighted by Crippen LogP contribution is 2.54. The van der Waals surface area contributed by atoms with E-state index in [1.807, 2.05) is 0 Å². The van der Waals surface area contributed by atoms with E-state index in [0.29, 0.717) is 11.8 Å². The largest absolute Gasteiger partial charge is 0.469 e. The number of ether oxygens (including phenoxy) is 1. The molecular formula is C8H14ClNO2. The Morgan fingerprint density at radius 1 is 1.42 bits per heavy atom. The van der Waals surface area contributed by atoms with E-state index in [1.54, 1.807) is 0 Å². The zero-order valence-corrected chi connectivity index (χ0v) is 7.84. The molecule has 12 heavy (non-hydrogen) atoms. The molecule has 0 aromatic heterocycles. The summed E-state index contributed by atoms with van der Waals surface area (Å²) in [7, 11) is 1.45. The monoisotopic (exact) mass is 191 g/mol. The minimum atomic E-state index is -0.0644. The van der Waals surface area contributed by atoms with Gasteiger partial charge >= 0.3 is 5.97 Å². The molecule has 0 bridgehead atoms. The highest BCUT2D eigenvalue weighted by Gasteiger charge is 2.55. The van der Waals surface area contributed by atoms with Gasteiger partial charge in [0.2, 0.25) is 0 Å². The van der Waals surface area contributed by atoms with Gasteiger partial charge in [0.15, 0.2) is 0 Å². The van der Waals surface area contributed by atoms with Crippen molar-refractivity contribution in [1.29, 1.82) is 0 Å². The summed E-state index contributed by atoms with van der Waals surface area (Å²) in [5, 5.41) is 0. The summed E-state index contributed by atoms with van der Waals surface area (Å²) >= 11 is 0. The van der Waals surface area contributed by atoms with Gasteiger partial charge in [0.05, 0.1) is 13.0 Å². The SMILES string of the molecule is COC(=O)[C@@H]1C[C@H](N)[C@H]2C[C@H]21.Cl. The van der Waals surface area contributed by atoms with Gasteiger partial charge < -0.3 is 10.5 Å². The fraction of sp³-hybridized carbons (Fsp3) is 0.875. The summed E-state index contributed by atoms with van der Waals surface area (Å²) in [6.07, 6.45) is 1.98. The second kappa shape index (κ2) is 3.23. The van der Waals surface area contributed by atoms with Gasteiger partial charge in [-0.25, -0.2) is 0 Å². The summed E-state index contributed by atoms with van der Waals surface area (Å²) in [5.74, 6) is 1.22. The predicted octanol–water partition coefficient (Wildman–Crippen LogP) is 0.565. The van der Waals surface area contributed by atoms with E-state index >= 15 is 0 Å². The third-order valence-corrected chi connectivity index (χ3v) is 2.99. The van der Waals surface area contributed by atoms with Crippen molar-refractivity contribution in [3.8, 4) is 0 Å². The Morgan fingerprint density at radius 2 is 2.08 bits per heavy atom. The molecule has 2 aliphatic carbocycles. The Kier molecular flexibility index (Phi) is 2.64. The first-order valence-electron chi connectivity index (χ1n) is 4.07. The summed E-state index contributed by atoms with van der Waals surface area (Å²) in [5.41, 5.74) is 5.80. The third kappa shape index (κ3) is 1.31. The molecule has 0 aromatic rings. The molecule has 4 atom stereocenters. The molecule has 3 nitrogen and oxygen atoms in total. The molecule has 2 aliphatic rings. The van der Waals surface area contributed by atoms with E-state index in [0.717, 1.165) is 12.8 Å². The van der Waals surface area contributed by atoms with Crippen molar-refractivity contribution in [2.45, 2.75) is 18.9 Å². The van der Waals surface area contributed by atoms with Crippen LogP contribution in [0.2, 0.25) is 0 Å². The summed E-state index contributed by atoms with van der Waals surface area (Å²) in [6, 6.07) is 0.254. The molecule has 0 aromatic carbocycles. The minimum Gasteiger partial charge on any atom is -0.469 e. The Hall–Kier alpha value is -0.280. The van der Waals surface area contributed by atoms with Gasteiger partial charge in [-0.3, -0.25) is 4.79 Å². The number of halogens is 1. The number of hydrogen-bond donors (Lipinski definition) is 1. The molecule has 0 aliphatic heterocycles. The van der Waals surface area contributed by atoms with Gasteiger partial charge in [-0.2, -0.15) is 0 Å². The molecule has 2 N–H and O–H groups in total. The van der Waals surface area contributed by atoms with E-state index < -0.39 is 0 Å². The van der Waals surface area contributed by atoms with Crippen molar-refractivity contribution < 1.29 is 9.53 Å². The second-order valence-electron chi connectivity index (χ2n) is 3.59. The number of nitrogens with two attached hydrogens (primary N) is 1. The van der Waals surface area contributed by atoms with Gasteiger partial charge in [0, 0.05) is 6.04 Å². The van der Waals surface area contributed by atoms with Crippen LogP contribution < -0.4 is 5.73 Å². The number of methoxy groups -OCH3 is 1. The van der Waals surface area contributed by atoms with Gasteiger partial charge in [-0.1, -0.05) is 0 Å². The maximum atomic E-state index is 11.1. The van der Waals surface area contributed by atoms with E-state index in [2.05, 4.69) is 4.74 Å². The fourth-order valence-corrected chi connectivity index (χ4v) is 2.26. The van der Waals surface area contributed by atoms with E-state index in [-0.39, 0.29) is 30.3 Å². The third-order valence-electron chi connectivity index (χ3n) is 2.99. The fourth-order valence-electron chi connectivity index (χ4n) is 2.26. The topological polar surface area (TPSA) is 52.3 Å². The van der Waals surface area contributed by atoms with Gasteiger partial charge in [0.1, 0.15) is 0 Å². The summed E-state index contributed by atoms with van der Waals surface area (Å²) in [4.78, 5) is 11.1. The Labute approximate surface area is 78.1 Å². The van der Waals surface area contributed by atoms with Crippen molar-refractivity contribution >= 4 is 18.4 Å². The molecule has 0 spiro atoms. The van der Waals surface area contributed by atoms with Crippen molar-refractivity contribution in [1.82, 2.24) is 0 Å². The van der Waals surface area contributed by atoms with Crippen LogP contribution in [-0.4, -0.2) is 19.1 Å². The Balaban J connectivity index is 0.000000720. The van der Waals surface area contributed by atoms with Gasteiger partial charge in [0.25, 0.3) is 0 Å². The normalized spacial score (nSPS) is 42.8. The van der Waals surface area contributed by atoms with Crippen LogP contribution >= 0.6 is 12.4 Å². The van der Waals surface area contributed by atoms with E-state index in [9.17, 15) is 4.79 Å². The average molecular weight is 192 g/mol. The number of rotatable bonds is 1. The van der Waals surface area contributed by atoms with Crippen LogP contribution in [0.25, 0.3) is 0 Å². The van der Waals surface area contributed by atoms with Crippen molar-refractivity contribution in [2.24, 2.45) is 23.5 Å². The number of carbonyl (C=O) groups is 1. The van der Waals surface area contributed by atoms with Crippen molar-refractivity contribution in [2.75, 3.05) is 7.11 Å². The van der Waals surface area contributed by atoms with E-state index in [1.165, 1.54) is 7.11 Å². The molecule has 0 amide bonds. The lowest BCUT2D eigenvalue weighted by Gasteiger charge is -2.09. The highest BCUT2D eigenvalue weighted by atomic mass is 35.5. The summed E-state index contributed by atoms with van der Waals surface area (Å²) in [6.45, 7) is 0. The highest BCUT2D eigenvalue weighted by molar-refractivity contribution is 5.85. The molecule has 0 saturated heterocycles. The number of esters is 1. The lowest BCUT2D eigenvalue weighted by atomic mass is 10.0. The zero-order valence-electron chi connectivity index (χ0n) is 7.03. The second-order valence-corrected chi connectivity index (χ2v) is 3.59. The molecular weight excluding hydrogens is 178 g/mol. The van der Waals surface area contributed by atoms with Crippen LogP contribution in [0.15, 0.2) is 0 Å². The van der Waals surface area contributed by atoms with Gasteiger partial charge in [-0.15, -0.1) is 12.4 Å². The molecule has 2 fully saturated rings. The van der Waals surface area contributed by atoms with Crippen LogP contribution in [0.3, 0.4) is 0 Å². The maximum absolute atomic E-state index is 11.1. The van der Waals surface area contributed by atoms with Gasteiger partial charge in [-0.05, 0) is 24.7 Å². The molecule has 70 valence electrons. The Morgan fingerprint density at radius 3 is 2.42 bits per heavy atom. The molecule has 0 unspecified atom stereocenters. The number of hydrogen-bond acceptors (Lipinski definition) is 3. The first-order chi connectivity index (χ1) is 5.24. The van der Waals surface area contributed by atoms with Crippen molar-refractivity contribution in [3.63, 3.8) is 0 Å². The molecule has 0 heterocycles. The van der Waals surface area contributed by atoms with E-state index in [4.69, 9.17) is 5.73 Å². The smallest absolute Gasteiger partial charge is 0.309 e. The van der Waals surface area contributed by atoms with Crippen LogP contribution in [0.5, 0.6) is 0 Å². The first kappa shape index (κ1) is 9.81. The lowest BCUT2D eigenvalue weighted by Crippen LogP contribution is -2.23. The molecule has 2 rings (SSSR count). The average Bonchev–Trinajstić information content (AvgIpc) is 2.72. The molecule has 2 saturated carbocycles. The van der Waals surface area contributed by atoms with Crippen molar-refractivity contribution in [3.05, 3.63) is 0 Å². The first-order valence-corrected chi connectivity index (χ1v) is 4.07.